The van der Waals surface area contributed by atoms with Gasteiger partial charge < -0.3 is 24.8 Å². The van der Waals surface area contributed by atoms with Crippen LogP contribution in [0.2, 0.25) is 0 Å². The highest BCUT2D eigenvalue weighted by Gasteiger charge is 2.28. The van der Waals surface area contributed by atoms with Crippen molar-refractivity contribution < 1.29 is 14.2 Å². The molecule has 2 aliphatic heterocycles. The first-order valence-electron chi connectivity index (χ1n) is 12.9. The third-order valence-electron chi connectivity index (χ3n) is 7.27. The molecule has 0 unspecified atom stereocenters. The minimum absolute atomic E-state index is 0.0217. The summed E-state index contributed by atoms with van der Waals surface area (Å²) in [5, 5.41) is 12.6. The van der Waals surface area contributed by atoms with Gasteiger partial charge in [-0.2, -0.15) is 19.4 Å². The van der Waals surface area contributed by atoms with Crippen molar-refractivity contribution in [2.45, 2.75) is 57.3 Å². The zero-order valence-electron chi connectivity index (χ0n) is 20.7. The number of hydrogen-bond acceptors (Lipinski definition) is 11. The number of fused-ring (bicyclic) bond motifs is 1. The molecule has 1 atom stereocenters. The Hall–Kier alpha value is -2.38. The predicted octanol–water partition coefficient (Wildman–Crippen LogP) is 2.81. The van der Waals surface area contributed by atoms with Gasteiger partial charge in [-0.3, -0.25) is 9.58 Å². The van der Waals surface area contributed by atoms with Gasteiger partial charge >= 0.3 is 0 Å². The van der Waals surface area contributed by atoms with Crippen LogP contribution in [-0.4, -0.2) is 93.3 Å². The molecule has 3 aromatic heterocycles. The zero-order valence-corrected chi connectivity index (χ0v) is 21.5. The summed E-state index contributed by atoms with van der Waals surface area (Å²) in [4.78, 5) is 13.1. The molecule has 0 radical (unpaired) electrons. The van der Waals surface area contributed by atoms with Gasteiger partial charge in [-0.1, -0.05) is 0 Å². The standard InChI is InChI=1S/C24H34N8O3S/c1-16-21-22(26-17-2-4-19(5-3-17)31-6-8-33-9-7-31)28-24(29-23(21)36-30-16)27-18-12-25-32(13-18)14-20-15-34-10-11-35-20/h12-13,17,19-20H,2-11,14-15H2,1H3,(H2,26,27,28,29)/t17?,19?,20-/m1/s1. The summed E-state index contributed by atoms with van der Waals surface area (Å²) in [5.74, 6) is 1.41. The number of morpholine rings is 1. The van der Waals surface area contributed by atoms with Crippen molar-refractivity contribution in [2.75, 3.05) is 56.8 Å². The first kappa shape index (κ1) is 24.0. The molecule has 1 aliphatic carbocycles. The molecule has 1 saturated carbocycles. The van der Waals surface area contributed by atoms with Gasteiger partial charge in [0.2, 0.25) is 5.95 Å². The largest absolute Gasteiger partial charge is 0.379 e. The van der Waals surface area contributed by atoms with Gasteiger partial charge in [0.05, 0.1) is 62.5 Å². The van der Waals surface area contributed by atoms with Gasteiger partial charge in [0.15, 0.2) is 4.83 Å². The molecular formula is C24H34N8O3S. The number of nitrogens with one attached hydrogen (secondary N) is 2. The highest BCUT2D eigenvalue weighted by Crippen LogP contribution is 2.32. The highest BCUT2D eigenvalue weighted by atomic mass is 32.1. The van der Waals surface area contributed by atoms with Crippen LogP contribution in [0, 0.1) is 6.92 Å². The van der Waals surface area contributed by atoms with E-state index in [1.807, 2.05) is 17.8 Å². The normalized spacial score (nSPS) is 25.8. The van der Waals surface area contributed by atoms with Crippen LogP contribution in [0.1, 0.15) is 31.4 Å². The number of anilines is 3. The second-order valence-electron chi connectivity index (χ2n) is 9.79. The molecular weight excluding hydrogens is 480 g/mol. The Kier molecular flexibility index (Phi) is 7.28. The molecule has 3 aliphatic rings. The highest BCUT2D eigenvalue weighted by molar-refractivity contribution is 7.13. The van der Waals surface area contributed by atoms with Crippen molar-refractivity contribution in [1.82, 2.24) is 29.0 Å². The summed E-state index contributed by atoms with van der Waals surface area (Å²) in [7, 11) is 0. The molecule has 3 fully saturated rings. The molecule has 0 spiro atoms. The summed E-state index contributed by atoms with van der Waals surface area (Å²) in [5.41, 5.74) is 1.80. The van der Waals surface area contributed by atoms with Gasteiger partial charge in [-0.05, 0) is 44.1 Å². The van der Waals surface area contributed by atoms with Crippen molar-refractivity contribution in [3.63, 3.8) is 0 Å². The van der Waals surface area contributed by atoms with Crippen LogP contribution in [0.25, 0.3) is 10.2 Å². The lowest BCUT2D eigenvalue weighted by molar-refractivity contribution is -0.0946. The van der Waals surface area contributed by atoms with Gasteiger partial charge in [0.1, 0.15) is 11.9 Å². The van der Waals surface area contributed by atoms with Gasteiger partial charge in [-0.15, -0.1) is 0 Å². The van der Waals surface area contributed by atoms with Crippen LogP contribution in [0.4, 0.5) is 17.5 Å². The van der Waals surface area contributed by atoms with E-state index < -0.39 is 0 Å². The molecule has 0 aromatic carbocycles. The van der Waals surface area contributed by atoms with Crippen LogP contribution < -0.4 is 10.6 Å². The Bertz CT molecular complexity index is 1150. The fourth-order valence-corrected chi connectivity index (χ4v) is 6.16. The molecule has 6 rings (SSSR count). The summed E-state index contributed by atoms with van der Waals surface area (Å²) in [6.45, 7) is 8.39. The van der Waals surface area contributed by atoms with E-state index in [4.69, 9.17) is 24.2 Å². The fourth-order valence-electron chi connectivity index (χ4n) is 5.38. The Morgan fingerprint density at radius 2 is 1.92 bits per heavy atom. The average molecular weight is 515 g/mol. The first-order valence-corrected chi connectivity index (χ1v) is 13.7. The van der Waals surface area contributed by atoms with E-state index in [2.05, 4.69) is 25.0 Å². The Labute approximate surface area is 214 Å². The summed E-state index contributed by atoms with van der Waals surface area (Å²) in [6.07, 6.45) is 8.42. The molecule has 11 nitrogen and oxygen atoms in total. The number of aryl methyl sites for hydroxylation is 1. The smallest absolute Gasteiger partial charge is 0.230 e. The first-order chi connectivity index (χ1) is 17.7. The van der Waals surface area contributed by atoms with Crippen molar-refractivity contribution in [3.05, 3.63) is 18.1 Å². The number of rotatable bonds is 7. The zero-order chi connectivity index (χ0) is 24.3. The number of aromatic nitrogens is 5. The SMILES string of the molecule is Cc1nsc2nc(Nc3cnn(C[C@@H]4COCCO4)c3)nc(NC3CCC(N4CCOCC4)CC3)c12. The Balaban J connectivity index is 1.13. The number of hydrogen-bond donors (Lipinski definition) is 2. The van der Waals surface area contributed by atoms with Gasteiger partial charge in [-0.25, -0.2) is 0 Å². The molecule has 3 aromatic rings. The average Bonchev–Trinajstić information content (AvgIpc) is 3.51. The van der Waals surface area contributed by atoms with E-state index in [9.17, 15) is 0 Å². The second-order valence-corrected chi connectivity index (χ2v) is 10.5. The van der Waals surface area contributed by atoms with Crippen LogP contribution in [0.15, 0.2) is 12.4 Å². The number of ether oxygens (including phenoxy) is 3. The van der Waals surface area contributed by atoms with Crippen LogP contribution >= 0.6 is 11.5 Å². The molecule has 5 heterocycles. The van der Waals surface area contributed by atoms with E-state index in [-0.39, 0.29) is 6.10 Å². The molecule has 36 heavy (non-hydrogen) atoms. The maximum atomic E-state index is 5.74. The van der Waals surface area contributed by atoms with Gasteiger partial charge in [0, 0.05) is 31.4 Å². The van der Waals surface area contributed by atoms with E-state index in [1.54, 1.807) is 6.20 Å². The molecule has 0 bridgehead atoms. The summed E-state index contributed by atoms with van der Waals surface area (Å²) >= 11 is 1.41. The molecule has 2 N–H and O–H groups in total. The minimum atomic E-state index is 0.0217. The van der Waals surface area contributed by atoms with Crippen molar-refractivity contribution in [2.24, 2.45) is 0 Å². The van der Waals surface area contributed by atoms with Crippen LogP contribution in [-0.2, 0) is 20.8 Å². The summed E-state index contributed by atoms with van der Waals surface area (Å²) < 4.78 is 23.2. The predicted molar refractivity (Wildman–Crippen MR) is 138 cm³/mol. The van der Waals surface area contributed by atoms with E-state index in [0.717, 1.165) is 66.6 Å². The van der Waals surface area contributed by atoms with E-state index in [0.29, 0.717) is 44.4 Å². The third-order valence-corrected chi connectivity index (χ3v) is 8.10. The van der Waals surface area contributed by atoms with Crippen molar-refractivity contribution >= 4 is 39.2 Å². The summed E-state index contributed by atoms with van der Waals surface area (Å²) in [6, 6.07) is 1.06. The Morgan fingerprint density at radius 3 is 2.72 bits per heavy atom. The second kappa shape index (κ2) is 10.9. The monoisotopic (exact) mass is 514 g/mol. The lowest BCUT2D eigenvalue weighted by Gasteiger charge is -2.39. The quantitative estimate of drug-likeness (QED) is 0.488. The van der Waals surface area contributed by atoms with Gasteiger partial charge in [0.25, 0.3) is 0 Å². The lowest BCUT2D eigenvalue weighted by Crippen LogP contribution is -2.46. The van der Waals surface area contributed by atoms with E-state index >= 15 is 0 Å². The number of nitrogens with zero attached hydrogens (tertiary/aromatic N) is 6. The molecule has 2 saturated heterocycles. The van der Waals surface area contributed by atoms with Crippen LogP contribution in [0.3, 0.4) is 0 Å². The lowest BCUT2D eigenvalue weighted by atomic mass is 9.90. The molecule has 0 amide bonds. The molecule has 194 valence electrons. The van der Waals surface area contributed by atoms with Crippen molar-refractivity contribution in [3.8, 4) is 0 Å². The fraction of sp³-hybridized carbons (Fsp3) is 0.667. The topological polar surface area (TPSA) is 111 Å². The Morgan fingerprint density at radius 1 is 1.06 bits per heavy atom. The third kappa shape index (κ3) is 5.47. The maximum absolute atomic E-state index is 5.74. The minimum Gasteiger partial charge on any atom is -0.379 e. The maximum Gasteiger partial charge on any atom is 0.230 e. The van der Waals surface area contributed by atoms with Crippen molar-refractivity contribution in [1.29, 1.82) is 0 Å². The molecule has 12 heteroatoms. The van der Waals surface area contributed by atoms with E-state index in [1.165, 1.54) is 24.4 Å². The van der Waals surface area contributed by atoms with Crippen LogP contribution in [0.5, 0.6) is 0 Å².